The monoisotopic (exact) mass is 425 g/mol. The first-order valence-electron chi connectivity index (χ1n) is 10.9. The molecule has 0 atom stereocenters. The van der Waals surface area contributed by atoms with E-state index in [0.29, 0.717) is 0 Å². The Morgan fingerprint density at radius 3 is 2.77 bits per heavy atom. The SMILES string of the molecule is COc1ccc(CCNc2nc(C[NH+]3CCOCC3)nc3sc4c(c23)CCC4)cc1. The summed E-state index contributed by atoms with van der Waals surface area (Å²) in [6.07, 6.45) is 4.54. The fraction of sp³-hybridized carbons (Fsp3) is 0.478. The highest BCUT2D eigenvalue weighted by Crippen LogP contribution is 2.39. The number of thiophene rings is 1. The van der Waals surface area contributed by atoms with Crippen molar-refractivity contribution >= 4 is 27.4 Å². The molecular formula is C23H29N4O2S+. The van der Waals surface area contributed by atoms with Crippen LogP contribution in [0.25, 0.3) is 10.2 Å². The molecule has 2 N–H and O–H groups in total. The van der Waals surface area contributed by atoms with Gasteiger partial charge in [-0.25, -0.2) is 9.97 Å². The Labute approximate surface area is 181 Å². The van der Waals surface area contributed by atoms with Gasteiger partial charge in [-0.1, -0.05) is 12.1 Å². The summed E-state index contributed by atoms with van der Waals surface area (Å²) in [5.74, 6) is 2.87. The van der Waals surface area contributed by atoms with E-state index in [1.54, 1.807) is 7.11 Å². The van der Waals surface area contributed by atoms with E-state index in [1.165, 1.54) is 39.1 Å². The summed E-state index contributed by atoms with van der Waals surface area (Å²) < 4.78 is 10.8. The van der Waals surface area contributed by atoms with Crippen LogP contribution in [-0.2, 0) is 30.5 Å². The highest BCUT2D eigenvalue weighted by Gasteiger charge is 2.24. The van der Waals surface area contributed by atoms with Gasteiger partial charge in [-0.3, -0.25) is 0 Å². The Bertz CT molecular complexity index is 1010. The predicted octanol–water partition coefficient (Wildman–Crippen LogP) is 2.26. The number of anilines is 1. The minimum absolute atomic E-state index is 0.831. The third-order valence-corrected chi connectivity index (χ3v) is 7.27. The van der Waals surface area contributed by atoms with Gasteiger partial charge in [-0.15, -0.1) is 11.3 Å². The number of rotatable bonds is 7. The molecule has 0 spiro atoms. The second kappa shape index (κ2) is 8.88. The van der Waals surface area contributed by atoms with Crippen LogP contribution < -0.4 is 15.0 Å². The lowest BCUT2D eigenvalue weighted by molar-refractivity contribution is -0.922. The molecule has 3 aromatic rings. The van der Waals surface area contributed by atoms with Crippen molar-refractivity contribution in [3.05, 3.63) is 46.1 Å². The zero-order chi connectivity index (χ0) is 20.3. The summed E-state index contributed by atoms with van der Waals surface area (Å²) in [7, 11) is 1.70. The zero-order valence-corrected chi connectivity index (χ0v) is 18.3. The molecule has 0 radical (unpaired) electrons. The maximum Gasteiger partial charge on any atom is 0.187 e. The number of ether oxygens (including phenoxy) is 2. The number of nitrogens with zero attached hydrogens (tertiary/aromatic N) is 2. The molecule has 2 aromatic heterocycles. The van der Waals surface area contributed by atoms with Crippen molar-refractivity contribution in [3.8, 4) is 5.75 Å². The maximum atomic E-state index is 5.50. The van der Waals surface area contributed by atoms with Crippen LogP contribution in [0.5, 0.6) is 5.75 Å². The number of hydrogen-bond acceptors (Lipinski definition) is 6. The summed E-state index contributed by atoms with van der Waals surface area (Å²) in [6.45, 7) is 5.45. The molecule has 6 nitrogen and oxygen atoms in total. The molecule has 2 aliphatic rings. The number of benzene rings is 1. The molecule has 0 unspecified atom stereocenters. The van der Waals surface area contributed by atoms with Crippen LogP contribution in [0.2, 0.25) is 0 Å². The zero-order valence-electron chi connectivity index (χ0n) is 17.5. The van der Waals surface area contributed by atoms with E-state index in [4.69, 9.17) is 19.4 Å². The fourth-order valence-electron chi connectivity index (χ4n) is 4.42. The third kappa shape index (κ3) is 4.15. The van der Waals surface area contributed by atoms with Gasteiger partial charge in [0.05, 0.1) is 25.7 Å². The van der Waals surface area contributed by atoms with Gasteiger partial charge < -0.3 is 19.7 Å². The second-order valence-corrected chi connectivity index (χ2v) is 9.17. The lowest BCUT2D eigenvalue weighted by Gasteiger charge is -2.23. The molecule has 0 saturated carbocycles. The van der Waals surface area contributed by atoms with Gasteiger partial charge in [-0.05, 0) is 48.9 Å². The number of hydrogen-bond donors (Lipinski definition) is 2. The van der Waals surface area contributed by atoms with Crippen molar-refractivity contribution in [1.29, 1.82) is 0 Å². The molecule has 1 aliphatic carbocycles. The smallest absolute Gasteiger partial charge is 0.187 e. The molecule has 30 heavy (non-hydrogen) atoms. The maximum absolute atomic E-state index is 5.50. The molecule has 158 valence electrons. The van der Waals surface area contributed by atoms with Crippen molar-refractivity contribution < 1.29 is 14.4 Å². The van der Waals surface area contributed by atoms with Crippen molar-refractivity contribution in [2.75, 3.05) is 45.3 Å². The largest absolute Gasteiger partial charge is 0.497 e. The summed E-state index contributed by atoms with van der Waals surface area (Å²) in [5.41, 5.74) is 2.77. The van der Waals surface area contributed by atoms with Crippen molar-refractivity contribution in [2.24, 2.45) is 0 Å². The minimum Gasteiger partial charge on any atom is -0.497 e. The molecule has 0 amide bonds. The quantitative estimate of drug-likeness (QED) is 0.608. The third-order valence-electron chi connectivity index (χ3n) is 6.08. The second-order valence-electron chi connectivity index (χ2n) is 8.09. The van der Waals surface area contributed by atoms with Crippen LogP contribution in [0.1, 0.15) is 28.2 Å². The van der Waals surface area contributed by atoms with Gasteiger partial charge in [-0.2, -0.15) is 0 Å². The molecular weight excluding hydrogens is 396 g/mol. The van der Waals surface area contributed by atoms with Crippen molar-refractivity contribution in [2.45, 2.75) is 32.2 Å². The Morgan fingerprint density at radius 1 is 1.13 bits per heavy atom. The predicted molar refractivity (Wildman–Crippen MR) is 120 cm³/mol. The minimum atomic E-state index is 0.831. The molecule has 1 fully saturated rings. The number of nitrogens with one attached hydrogen (secondary N) is 2. The lowest BCUT2D eigenvalue weighted by atomic mass is 10.1. The van der Waals surface area contributed by atoms with E-state index in [9.17, 15) is 0 Å². The van der Waals surface area contributed by atoms with Gasteiger partial charge in [0, 0.05) is 11.4 Å². The standard InChI is InChI=1S/C23H28N4O2S/c1-28-17-7-5-16(6-8-17)9-10-24-22-21-18-3-2-4-19(18)30-23(21)26-20(25-22)15-27-11-13-29-14-12-27/h5-8H,2-4,9-15H2,1H3,(H,24,25,26)/p+1. The first-order valence-corrected chi connectivity index (χ1v) is 11.7. The van der Waals surface area contributed by atoms with Crippen LogP contribution in [0.15, 0.2) is 24.3 Å². The highest BCUT2D eigenvalue weighted by molar-refractivity contribution is 7.19. The average molecular weight is 426 g/mol. The topological polar surface area (TPSA) is 60.7 Å². The van der Waals surface area contributed by atoms with E-state index in [0.717, 1.165) is 74.5 Å². The van der Waals surface area contributed by atoms with Crippen molar-refractivity contribution in [1.82, 2.24) is 9.97 Å². The number of quaternary nitrogens is 1. The molecule has 1 aromatic carbocycles. The normalized spacial score (nSPS) is 16.7. The van der Waals surface area contributed by atoms with Gasteiger partial charge in [0.1, 0.15) is 36.0 Å². The van der Waals surface area contributed by atoms with Crippen molar-refractivity contribution in [3.63, 3.8) is 0 Å². The van der Waals surface area contributed by atoms with Crippen LogP contribution in [0.3, 0.4) is 0 Å². The van der Waals surface area contributed by atoms with E-state index in [2.05, 4.69) is 17.4 Å². The van der Waals surface area contributed by atoms with Crippen LogP contribution in [0, 0.1) is 0 Å². The summed E-state index contributed by atoms with van der Waals surface area (Å²) in [4.78, 5) is 14.1. The number of methoxy groups -OCH3 is 1. The Hall–Kier alpha value is -2.22. The molecule has 0 bridgehead atoms. The Balaban J connectivity index is 1.36. The van der Waals surface area contributed by atoms with Gasteiger partial charge in [0.15, 0.2) is 5.82 Å². The number of morpholine rings is 1. The number of aryl methyl sites for hydroxylation is 2. The Kier molecular flexibility index (Phi) is 5.84. The van der Waals surface area contributed by atoms with Crippen LogP contribution >= 0.6 is 11.3 Å². The highest BCUT2D eigenvalue weighted by atomic mass is 32.1. The average Bonchev–Trinajstić information content (AvgIpc) is 3.36. The molecule has 3 heterocycles. The van der Waals surface area contributed by atoms with E-state index in [1.807, 2.05) is 23.5 Å². The van der Waals surface area contributed by atoms with Gasteiger partial charge in [0.2, 0.25) is 0 Å². The van der Waals surface area contributed by atoms with Gasteiger partial charge >= 0.3 is 0 Å². The summed E-state index contributed by atoms with van der Waals surface area (Å²) in [5, 5.41) is 4.92. The molecule has 5 rings (SSSR count). The van der Waals surface area contributed by atoms with E-state index < -0.39 is 0 Å². The lowest BCUT2D eigenvalue weighted by Crippen LogP contribution is -3.12. The van der Waals surface area contributed by atoms with E-state index >= 15 is 0 Å². The molecule has 1 saturated heterocycles. The Morgan fingerprint density at radius 2 is 1.97 bits per heavy atom. The number of aromatic nitrogens is 2. The number of fused-ring (bicyclic) bond motifs is 3. The first kappa shape index (κ1) is 19.7. The van der Waals surface area contributed by atoms with Gasteiger partial charge in [0.25, 0.3) is 0 Å². The van der Waals surface area contributed by atoms with Crippen LogP contribution in [0.4, 0.5) is 5.82 Å². The molecule has 1 aliphatic heterocycles. The first-order chi connectivity index (χ1) is 14.8. The van der Waals surface area contributed by atoms with Crippen LogP contribution in [-0.4, -0.2) is 49.9 Å². The molecule has 7 heteroatoms. The summed E-state index contributed by atoms with van der Waals surface area (Å²) >= 11 is 1.87. The summed E-state index contributed by atoms with van der Waals surface area (Å²) in [6, 6.07) is 8.30. The fourth-order valence-corrected chi connectivity index (χ4v) is 5.70. The van der Waals surface area contributed by atoms with E-state index in [-0.39, 0.29) is 0 Å².